The average Bonchev–Trinajstić information content (AvgIpc) is 3.35. The minimum Gasteiger partial charge on any atom is -0.322 e. The molecule has 3 aromatic rings. The topological polar surface area (TPSA) is 66.5 Å². The molecule has 1 N–H and O–H groups in total. The van der Waals surface area contributed by atoms with Gasteiger partial charge in [-0.2, -0.15) is 4.31 Å². The second-order valence-corrected chi connectivity index (χ2v) is 10.4. The maximum Gasteiger partial charge on any atom is 0.255 e. The van der Waals surface area contributed by atoms with Crippen molar-refractivity contribution >= 4 is 33.4 Å². The van der Waals surface area contributed by atoms with Crippen LogP contribution in [0, 0.1) is 0 Å². The fourth-order valence-corrected chi connectivity index (χ4v) is 5.82. The van der Waals surface area contributed by atoms with E-state index in [0.29, 0.717) is 24.3 Å². The van der Waals surface area contributed by atoms with Crippen LogP contribution in [-0.2, 0) is 15.8 Å². The van der Waals surface area contributed by atoms with Crippen molar-refractivity contribution in [3.8, 4) is 0 Å². The van der Waals surface area contributed by atoms with E-state index >= 15 is 0 Å². The molecule has 0 radical (unpaired) electrons. The summed E-state index contributed by atoms with van der Waals surface area (Å²) in [5.74, 6) is 0.608. The van der Waals surface area contributed by atoms with Gasteiger partial charge in [0, 0.05) is 35.0 Å². The van der Waals surface area contributed by atoms with Gasteiger partial charge in [-0.3, -0.25) is 4.79 Å². The first-order chi connectivity index (χ1) is 15.0. The molecule has 31 heavy (non-hydrogen) atoms. The van der Waals surface area contributed by atoms with Gasteiger partial charge in [-0.1, -0.05) is 30.3 Å². The first-order valence-corrected chi connectivity index (χ1v) is 12.6. The van der Waals surface area contributed by atoms with E-state index in [1.807, 2.05) is 42.5 Å². The maximum absolute atomic E-state index is 12.6. The summed E-state index contributed by atoms with van der Waals surface area (Å²) in [4.78, 5) is 14.0. The molecular weight excluding hydrogens is 428 g/mol. The highest BCUT2D eigenvalue weighted by atomic mass is 32.2. The van der Waals surface area contributed by atoms with Crippen LogP contribution in [0.5, 0.6) is 0 Å². The number of nitrogens with one attached hydrogen (secondary N) is 1. The number of amides is 1. The Balaban J connectivity index is 1.35. The number of anilines is 1. The minimum absolute atomic E-state index is 0.225. The molecule has 1 amide bonds. The van der Waals surface area contributed by atoms with Gasteiger partial charge >= 0.3 is 0 Å². The number of carbonyl (C=O) groups excluding carboxylic acids is 1. The summed E-state index contributed by atoms with van der Waals surface area (Å²) in [6.07, 6.45) is 1.80. The smallest absolute Gasteiger partial charge is 0.255 e. The monoisotopic (exact) mass is 452 g/mol. The highest BCUT2D eigenvalue weighted by Crippen LogP contribution is 2.24. The van der Waals surface area contributed by atoms with Gasteiger partial charge in [0.25, 0.3) is 5.91 Å². The zero-order valence-corrected chi connectivity index (χ0v) is 18.7. The molecule has 0 bridgehead atoms. The molecule has 5 nitrogen and oxygen atoms in total. The molecule has 1 heterocycles. The first kappa shape index (κ1) is 21.6. The van der Waals surface area contributed by atoms with Gasteiger partial charge in [0.1, 0.15) is 0 Å². The Hall–Kier alpha value is -2.61. The zero-order chi connectivity index (χ0) is 21.7. The van der Waals surface area contributed by atoms with Crippen LogP contribution in [0.3, 0.4) is 0 Å². The van der Waals surface area contributed by atoms with Crippen molar-refractivity contribution < 1.29 is 13.2 Å². The molecule has 1 fully saturated rings. The quantitative estimate of drug-likeness (QED) is 0.512. The maximum atomic E-state index is 12.6. The number of rotatable bonds is 7. The van der Waals surface area contributed by atoms with Crippen LogP contribution < -0.4 is 5.32 Å². The summed E-state index contributed by atoms with van der Waals surface area (Å²) < 4.78 is 26.7. The van der Waals surface area contributed by atoms with E-state index in [9.17, 15) is 13.2 Å². The third-order valence-electron chi connectivity index (χ3n) is 5.18. The van der Waals surface area contributed by atoms with Gasteiger partial charge in [0.05, 0.1) is 4.90 Å². The first-order valence-electron chi connectivity index (χ1n) is 10.2. The highest BCUT2D eigenvalue weighted by Gasteiger charge is 2.26. The Morgan fingerprint density at radius 2 is 1.52 bits per heavy atom. The van der Waals surface area contributed by atoms with Crippen molar-refractivity contribution in [3.63, 3.8) is 0 Å². The number of benzene rings is 3. The molecule has 160 valence electrons. The van der Waals surface area contributed by atoms with E-state index in [4.69, 9.17) is 0 Å². The fourth-order valence-electron chi connectivity index (χ4n) is 3.43. The predicted molar refractivity (Wildman–Crippen MR) is 125 cm³/mol. The van der Waals surface area contributed by atoms with Crippen LogP contribution in [0.25, 0.3) is 0 Å². The van der Waals surface area contributed by atoms with Gasteiger partial charge in [0.2, 0.25) is 10.0 Å². The second-order valence-electron chi connectivity index (χ2n) is 7.39. The van der Waals surface area contributed by atoms with E-state index in [2.05, 4.69) is 17.4 Å². The van der Waals surface area contributed by atoms with Crippen LogP contribution in [0.1, 0.15) is 28.8 Å². The summed E-state index contributed by atoms with van der Waals surface area (Å²) in [7, 11) is -3.45. The zero-order valence-electron chi connectivity index (χ0n) is 17.0. The summed E-state index contributed by atoms with van der Waals surface area (Å²) in [5.41, 5.74) is 2.26. The Bertz CT molecular complexity index is 1120. The summed E-state index contributed by atoms with van der Waals surface area (Å²) in [6.45, 7) is 1.14. The molecule has 3 aromatic carbocycles. The Morgan fingerprint density at radius 3 is 2.16 bits per heavy atom. The van der Waals surface area contributed by atoms with Gasteiger partial charge in [0.15, 0.2) is 0 Å². The SMILES string of the molecule is O=C(Nc1ccc(S(=O)(=O)N2CCCC2)cc1)c1ccc(CSc2ccccc2)cc1. The van der Waals surface area contributed by atoms with E-state index in [-0.39, 0.29) is 10.8 Å². The van der Waals surface area contributed by atoms with Crippen molar-refractivity contribution in [3.05, 3.63) is 90.0 Å². The second kappa shape index (κ2) is 9.68. The molecular formula is C24H24N2O3S2. The van der Waals surface area contributed by atoms with Gasteiger partial charge in [-0.25, -0.2) is 8.42 Å². The normalized spacial score (nSPS) is 14.5. The van der Waals surface area contributed by atoms with E-state index in [1.165, 1.54) is 9.20 Å². The number of hydrogen-bond donors (Lipinski definition) is 1. The van der Waals surface area contributed by atoms with Crippen LogP contribution >= 0.6 is 11.8 Å². The lowest BCUT2D eigenvalue weighted by Crippen LogP contribution is -2.27. The van der Waals surface area contributed by atoms with Crippen LogP contribution in [0.2, 0.25) is 0 Å². The number of carbonyl (C=O) groups is 1. The molecule has 1 aliphatic rings. The van der Waals surface area contributed by atoms with Crippen molar-refractivity contribution in [2.75, 3.05) is 18.4 Å². The van der Waals surface area contributed by atoms with E-state index < -0.39 is 10.0 Å². The average molecular weight is 453 g/mol. The largest absolute Gasteiger partial charge is 0.322 e. The Labute approximate surface area is 187 Å². The molecule has 4 rings (SSSR count). The Morgan fingerprint density at radius 1 is 0.871 bits per heavy atom. The lowest BCUT2D eigenvalue weighted by Gasteiger charge is -2.15. The molecule has 0 aromatic heterocycles. The molecule has 1 saturated heterocycles. The molecule has 7 heteroatoms. The van der Waals surface area contributed by atoms with E-state index in [1.54, 1.807) is 36.0 Å². The van der Waals surface area contributed by atoms with Crippen molar-refractivity contribution in [1.82, 2.24) is 4.31 Å². The van der Waals surface area contributed by atoms with Crippen LogP contribution in [-0.4, -0.2) is 31.7 Å². The Kier molecular flexibility index (Phi) is 6.75. The van der Waals surface area contributed by atoms with Crippen molar-refractivity contribution in [2.45, 2.75) is 28.4 Å². The van der Waals surface area contributed by atoms with Crippen molar-refractivity contribution in [2.24, 2.45) is 0 Å². The molecule has 0 saturated carbocycles. The lowest BCUT2D eigenvalue weighted by atomic mass is 10.1. The molecule has 0 atom stereocenters. The highest BCUT2D eigenvalue weighted by molar-refractivity contribution is 7.98. The van der Waals surface area contributed by atoms with Crippen LogP contribution in [0.4, 0.5) is 5.69 Å². The van der Waals surface area contributed by atoms with Gasteiger partial charge in [-0.15, -0.1) is 11.8 Å². The summed E-state index contributed by atoms with van der Waals surface area (Å²) in [6, 6.07) is 24.1. The molecule has 1 aliphatic heterocycles. The van der Waals surface area contributed by atoms with Gasteiger partial charge < -0.3 is 5.32 Å². The van der Waals surface area contributed by atoms with Crippen LogP contribution in [0.15, 0.2) is 88.7 Å². The standard InChI is InChI=1S/C24H24N2O3S2/c27-24(20-10-8-19(9-11-20)18-30-22-6-2-1-3-7-22)25-21-12-14-23(15-13-21)31(28,29)26-16-4-5-17-26/h1-3,6-15H,4-5,16-18H2,(H,25,27). The summed E-state index contributed by atoms with van der Waals surface area (Å²) >= 11 is 1.75. The minimum atomic E-state index is -3.45. The van der Waals surface area contributed by atoms with Crippen molar-refractivity contribution in [1.29, 1.82) is 0 Å². The molecule has 0 unspecified atom stereocenters. The third kappa shape index (κ3) is 5.36. The fraction of sp³-hybridized carbons (Fsp3) is 0.208. The van der Waals surface area contributed by atoms with Gasteiger partial charge in [-0.05, 0) is 66.9 Å². The van der Waals surface area contributed by atoms with E-state index in [0.717, 1.165) is 24.2 Å². The number of hydrogen-bond acceptors (Lipinski definition) is 4. The molecule has 0 spiro atoms. The summed E-state index contributed by atoms with van der Waals surface area (Å²) in [5, 5.41) is 2.83. The molecule has 0 aliphatic carbocycles. The number of nitrogens with zero attached hydrogens (tertiary/aromatic N) is 1. The lowest BCUT2D eigenvalue weighted by molar-refractivity contribution is 0.102. The predicted octanol–water partition coefficient (Wildman–Crippen LogP) is 5.02. The number of thioether (sulfide) groups is 1. The number of sulfonamides is 1. The third-order valence-corrected chi connectivity index (χ3v) is 8.18.